The van der Waals surface area contributed by atoms with Gasteiger partial charge in [-0.05, 0) is 30.9 Å². The SMILES string of the molecule is CCCNCc1ccccc1S(=O)(=O)N(C)CCSC. The summed E-state index contributed by atoms with van der Waals surface area (Å²) in [5.74, 6) is 0.798. The molecule has 0 saturated heterocycles. The van der Waals surface area contributed by atoms with E-state index in [1.165, 1.54) is 4.31 Å². The number of hydrogen-bond acceptors (Lipinski definition) is 4. The minimum Gasteiger partial charge on any atom is -0.313 e. The second-order valence-corrected chi connectivity index (χ2v) is 7.60. The van der Waals surface area contributed by atoms with Gasteiger partial charge in [0.1, 0.15) is 0 Å². The molecule has 0 heterocycles. The molecule has 20 heavy (non-hydrogen) atoms. The quantitative estimate of drug-likeness (QED) is 0.709. The first kappa shape index (κ1) is 17.5. The van der Waals surface area contributed by atoms with Crippen molar-refractivity contribution in [2.24, 2.45) is 0 Å². The first-order chi connectivity index (χ1) is 9.54. The van der Waals surface area contributed by atoms with E-state index in [0.29, 0.717) is 18.0 Å². The zero-order valence-corrected chi connectivity index (χ0v) is 14.1. The van der Waals surface area contributed by atoms with E-state index in [9.17, 15) is 8.42 Å². The van der Waals surface area contributed by atoms with Gasteiger partial charge in [-0.2, -0.15) is 11.8 Å². The zero-order valence-electron chi connectivity index (χ0n) is 12.4. The Morgan fingerprint density at radius 2 is 2.00 bits per heavy atom. The van der Waals surface area contributed by atoms with Crippen molar-refractivity contribution in [2.75, 3.05) is 32.1 Å². The lowest BCUT2D eigenvalue weighted by atomic mass is 10.2. The van der Waals surface area contributed by atoms with Crippen molar-refractivity contribution in [1.82, 2.24) is 9.62 Å². The number of thioether (sulfide) groups is 1. The average molecular weight is 316 g/mol. The van der Waals surface area contributed by atoms with Crippen LogP contribution in [-0.2, 0) is 16.6 Å². The molecule has 0 unspecified atom stereocenters. The molecule has 0 aromatic heterocycles. The summed E-state index contributed by atoms with van der Waals surface area (Å²) in [5.41, 5.74) is 0.831. The minimum atomic E-state index is -3.40. The fourth-order valence-electron chi connectivity index (χ4n) is 1.81. The summed E-state index contributed by atoms with van der Waals surface area (Å²) in [5, 5.41) is 3.26. The monoisotopic (exact) mass is 316 g/mol. The molecular weight excluding hydrogens is 292 g/mol. The molecule has 0 saturated carbocycles. The molecule has 0 aliphatic rings. The lowest BCUT2D eigenvalue weighted by Gasteiger charge is -2.19. The summed E-state index contributed by atoms with van der Waals surface area (Å²) in [4.78, 5) is 0.409. The fraction of sp³-hybridized carbons (Fsp3) is 0.571. The van der Waals surface area contributed by atoms with Crippen molar-refractivity contribution in [3.8, 4) is 0 Å². The molecule has 0 amide bonds. The van der Waals surface area contributed by atoms with Crippen molar-refractivity contribution in [3.63, 3.8) is 0 Å². The van der Waals surface area contributed by atoms with E-state index in [1.54, 1.807) is 30.9 Å². The maximum atomic E-state index is 12.6. The second-order valence-electron chi connectivity index (χ2n) is 4.60. The van der Waals surface area contributed by atoms with Crippen LogP contribution in [0, 0.1) is 0 Å². The first-order valence-electron chi connectivity index (χ1n) is 6.78. The molecule has 0 spiro atoms. The van der Waals surface area contributed by atoms with Crippen molar-refractivity contribution in [3.05, 3.63) is 29.8 Å². The summed E-state index contributed by atoms with van der Waals surface area (Å²) in [7, 11) is -1.76. The van der Waals surface area contributed by atoms with Crippen LogP contribution in [0.1, 0.15) is 18.9 Å². The maximum Gasteiger partial charge on any atom is 0.243 e. The van der Waals surface area contributed by atoms with Gasteiger partial charge in [-0.3, -0.25) is 0 Å². The molecule has 1 aromatic rings. The Bertz CT molecular complexity index is 504. The number of nitrogens with zero attached hydrogens (tertiary/aromatic N) is 1. The van der Waals surface area contributed by atoms with Gasteiger partial charge in [-0.15, -0.1) is 0 Å². The van der Waals surface area contributed by atoms with Crippen LogP contribution in [0.25, 0.3) is 0 Å². The third-order valence-electron chi connectivity index (χ3n) is 3.01. The smallest absolute Gasteiger partial charge is 0.243 e. The highest BCUT2D eigenvalue weighted by molar-refractivity contribution is 7.98. The lowest BCUT2D eigenvalue weighted by molar-refractivity contribution is 0.487. The zero-order chi connectivity index (χ0) is 15.0. The van der Waals surface area contributed by atoms with Gasteiger partial charge in [0.15, 0.2) is 0 Å². The summed E-state index contributed by atoms with van der Waals surface area (Å²) in [6.07, 6.45) is 3.01. The molecule has 0 aliphatic heterocycles. The molecule has 114 valence electrons. The molecule has 0 atom stereocenters. The molecule has 1 aromatic carbocycles. The topological polar surface area (TPSA) is 49.4 Å². The van der Waals surface area contributed by atoms with E-state index < -0.39 is 10.0 Å². The predicted octanol–water partition coefficient (Wildman–Crippen LogP) is 2.17. The van der Waals surface area contributed by atoms with Gasteiger partial charge in [0, 0.05) is 25.9 Å². The Balaban J connectivity index is 2.93. The fourth-order valence-corrected chi connectivity index (χ4v) is 3.77. The molecule has 1 N–H and O–H groups in total. The Hall–Kier alpha value is -0.560. The first-order valence-corrected chi connectivity index (χ1v) is 9.61. The summed E-state index contributed by atoms with van der Waals surface area (Å²) in [6.45, 7) is 4.09. The molecular formula is C14H24N2O2S2. The molecule has 6 heteroatoms. The highest BCUT2D eigenvalue weighted by Crippen LogP contribution is 2.19. The van der Waals surface area contributed by atoms with Gasteiger partial charge in [0.05, 0.1) is 4.90 Å². The third-order valence-corrected chi connectivity index (χ3v) is 5.56. The molecule has 0 fully saturated rings. The van der Waals surface area contributed by atoms with Crippen molar-refractivity contribution in [2.45, 2.75) is 24.8 Å². The van der Waals surface area contributed by atoms with Crippen LogP contribution in [0.2, 0.25) is 0 Å². The molecule has 1 rings (SSSR count). The maximum absolute atomic E-state index is 12.6. The molecule has 0 bridgehead atoms. The van der Waals surface area contributed by atoms with Crippen molar-refractivity contribution < 1.29 is 8.42 Å². The van der Waals surface area contributed by atoms with E-state index in [4.69, 9.17) is 0 Å². The van der Waals surface area contributed by atoms with Gasteiger partial charge < -0.3 is 5.32 Å². The largest absolute Gasteiger partial charge is 0.313 e. The summed E-state index contributed by atoms with van der Waals surface area (Å²) >= 11 is 1.64. The van der Waals surface area contributed by atoms with E-state index in [0.717, 1.165) is 24.3 Å². The number of sulfonamides is 1. The number of benzene rings is 1. The van der Waals surface area contributed by atoms with E-state index >= 15 is 0 Å². The van der Waals surface area contributed by atoms with Gasteiger partial charge in [-0.25, -0.2) is 12.7 Å². The number of hydrogen-bond donors (Lipinski definition) is 1. The van der Waals surface area contributed by atoms with Gasteiger partial charge in [0.25, 0.3) is 0 Å². The Morgan fingerprint density at radius 3 is 2.65 bits per heavy atom. The summed E-state index contributed by atoms with van der Waals surface area (Å²) < 4.78 is 26.6. The number of rotatable bonds is 9. The van der Waals surface area contributed by atoms with Crippen molar-refractivity contribution in [1.29, 1.82) is 0 Å². The van der Waals surface area contributed by atoms with Crippen molar-refractivity contribution >= 4 is 21.8 Å². The standard InChI is InChI=1S/C14H24N2O2S2/c1-4-9-15-12-13-7-5-6-8-14(13)20(17,18)16(2)10-11-19-3/h5-8,15H,4,9-12H2,1-3H3. The van der Waals surface area contributed by atoms with Crippen LogP contribution in [0.4, 0.5) is 0 Å². The normalized spacial score (nSPS) is 12.0. The molecule has 0 aliphatic carbocycles. The Labute approximate surface area is 127 Å². The second kappa shape index (κ2) is 8.67. The van der Waals surface area contributed by atoms with Crippen LogP contribution in [0.3, 0.4) is 0 Å². The number of nitrogens with one attached hydrogen (secondary N) is 1. The summed E-state index contributed by atoms with van der Waals surface area (Å²) in [6, 6.07) is 7.22. The third kappa shape index (κ3) is 4.77. The van der Waals surface area contributed by atoms with Gasteiger partial charge >= 0.3 is 0 Å². The van der Waals surface area contributed by atoms with E-state index in [-0.39, 0.29) is 0 Å². The minimum absolute atomic E-state index is 0.409. The molecule has 0 radical (unpaired) electrons. The Morgan fingerprint density at radius 1 is 1.30 bits per heavy atom. The van der Waals surface area contributed by atoms with Crippen LogP contribution in [0.5, 0.6) is 0 Å². The highest BCUT2D eigenvalue weighted by Gasteiger charge is 2.22. The van der Waals surface area contributed by atoms with Crippen LogP contribution in [0.15, 0.2) is 29.2 Å². The van der Waals surface area contributed by atoms with Crippen LogP contribution < -0.4 is 5.32 Å². The highest BCUT2D eigenvalue weighted by atomic mass is 32.2. The van der Waals surface area contributed by atoms with Gasteiger partial charge in [-0.1, -0.05) is 25.1 Å². The van der Waals surface area contributed by atoms with Crippen LogP contribution >= 0.6 is 11.8 Å². The Kier molecular flexibility index (Phi) is 7.58. The molecule has 4 nitrogen and oxygen atoms in total. The average Bonchev–Trinajstić information content (AvgIpc) is 2.45. The van der Waals surface area contributed by atoms with E-state index in [1.807, 2.05) is 18.4 Å². The predicted molar refractivity (Wildman–Crippen MR) is 86.6 cm³/mol. The lowest BCUT2D eigenvalue weighted by Crippen LogP contribution is -2.30. The van der Waals surface area contributed by atoms with Gasteiger partial charge in [0.2, 0.25) is 10.0 Å². The van der Waals surface area contributed by atoms with E-state index in [2.05, 4.69) is 12.2 Å². The van der Waals surface area contributed by atoms with Crippen LogP contribution in [-0.4, -0.2) is 44.9 Å².